The van der Waals surface area contributed by atoms with Gasteiger partial charge in [0.15, 0.2) is 5.78 Å². The number of ketones is 1. The molecule has 0 bridgehead atoms. The number of fused-ring (bicyclic) bond motifs is 1. The van der Waals surface area contributed by atoms with E-state index in [4.69, 9.17) is 5.73 Å². The van der Waals surface area contributed by atoms with Gasteiger partial charge in [0.25, 0.3) is 0 Å². The highest BCUT2D eigenvalue weighted by molar-refractivity contribution is 6.01. The molecule has 0 aliphatic rings. The van der Waals surface area contributed by atoms with Crippen LogP contribution >= 0.6 is 0 Å². The summed E-state index contributed by atoms with van der Waals surface area (Å²) in [6.07, 6.45) is 0.182. The molecular weight excluding hydrogens is 212 g/mol. The standard InChI is InChI=1S/C14H12N2O/c1-2-3-8-14(17)13-9-11(15)10-6-4-5-7-12(10)16-13/h4-7,9H,8H2,1H3,(H2,15,16). The van der Waals surface area contributed by atoms with Crippen molar-refractivity contribution in [3.05, 3.63) is 36.0 Å². The number of hydrogen-bond donors (Lipinski definition) is 1. The van der Waals surface area contributed by atoms with E-state index in [-0.39, 0.29) is 12.2 Å². The zero-order valence-electron chi connectivity index (χ0n) is 9.53. The summed E-state index contributed by atoms with van der Waals surface area (Å²) in [6.45, 7) is 1.70. The van der Waals surface area contributed by atoms with E-state index in [1.165, 1.54) is 0 Å². The number of carbonyl (C=O) groups is 1. The Morgan fingerprint density at radius 3 is 2.94 bits per heavy atom. The van der Waals surface area contributed by atoms with Crippen molar-refractivity contribution >= 4 is 22.4 Å². The second kappa shape index (κ2) is 4.67. The van der Waals surface area contributed by atoms with E-state index in [0.717, 1.165) is 10.9 Å². The molecular formula is C14H12N2O. The summed E-state index contributed by atoms with van der Waals surface area (Å²) in [5, 5.41) is 0.866. The summed E-state index contributed by atoms with van der Waals surface area (Å²) in [5.41, 5.74) is 7.58. The number of carbonyl (C=O) groups excluding carboxylic acids is 1. The Morgan fingerprint density at radius 2 is 2.18 bits per heavy atom. The minimum atomic E-state index is -0.100. The van der Waals surface area contributed by atoms with Crippen LogP contribution < -0.4 is 5.73 Å². The molecule has 0 saturated carbocycles. The van der Waals surface area contributed by atoms with E-state index in [1.54, 1.807) is 13.0 Å². The Bertz CT molecular complexity index is 635. The molecule has 2 N–H and O–H groups in total. The normalized spacial score (nSPS) is 9.71. The predicted octanol–water partition coefficient (Wildman–Crippen LogP) is 2.41. The largest absolute Gasteiger partial charge is 0.398 e. The molecule has 3 nitrogen and oxygen atoms in total. The third-order valence-corrected chi connectivity index (χ3v) is 2.46. The maximum atomic E-state index is 11.8. The summed E-state index contributed by atoms with van der Waals surface area (Å²) in [6, 6.07) is 9.10. The number of hydrogen-bond acceptors (Lipinski definition) is 3. The van der Waals surface area contributed by atoms with Gasteiger partial charge in [0, 0.05) is 11.1 Å². The van der Waals surface area contributed by atoms with Gasteiger partial charge in [0.1, 0.15) is 5.69 Å². The van der Waals surface area contributed by atoms with Crippen molar-refractivity contribution in [1.82, 2.24) is 4.98 Å². The fourth-order valence-electron chi connectivity index (χ4n) is 1.60. The van der Waals surface area contributed by atoms with Gasteiger partial charge in [-0.3, -0.25) is 4.79 Å². The van der Waals surface area contributed by atoms with Gasteiger partial charge in [-0.05, 0) is 19.1 Å². The number of benzene rings is 1. The van der Waals surface area contributed by atoms with E-state index < -0.39 is 0 Å². The lowest BCUT2D eigenvalue weighted by Gasteiger charge is -2.04. The van der Waals surface area contributed by atoms with Crippen molar-refractivity contribution in [3.8, 4) is 11.8 Å². The lowest BCUT2D eigenvalue weighted by atomic mass is 10.1. The topological polar surface area (TPSA) is 56.0 Å². The van der Waals surface area contributed by atoms with Crippen LogP contribution in [0.15, 0.2) is 30.3 Å². The molecule has 2 aromatic rings. The molecule has 1 aromatic carbocycles. The van der Waals surface area contributed by atoms with Crippen molar-refractivity contribution < 1.29 is 4.79 Å². The van der Waals surface area contributed by atoms with E-state index >= 15 is 0 Å². The highest BCUT2D eigenvalue weighted by Gasteiger charge is 2.09. The van der Waals surface area contributed by atoms with Crippen molar-refractivity contribution in [1.29, 1.82) is 0 Å². The van der Waals surface area contributed by atoms with Gasteiger partial charge in [0.2, 0.25) is 0 Å². The first-order chi connectivity index (χ1) is 8.22. The minimum Gasteiger partial charge on any atom is -0.398 e. The van der Waals surface area contributed by atoms with Crippen molar-refractivity contribution in [2.24, 2.45) is 0 Å². The lowest BCUT2D eigenvalue weighted by molar-refractivity contribution is 0.0994. The molecule has 0 radical (unpaired) electrons. The van der Waals surface area contributed by atoms with Crippen LogP contribution in [0.2, 0.25) is 0 Å². The van der Waals surface area contributed by atoms with Gasteiger partial charge in [0.05, 0.1) is 11.9 Å². The number of rotatable bonds is 2. The molecule has 2 rings (SSSR count). The quantitative estimate of drug-likeness (QED) is 0.629. The highest BCUT2D eigenvalue weighted by atomic mass is 16.1. The van der Waals surface area contributed by atoms with Gasteiger partial charge in [-0.25, -0.2) is 4.98 Å². The predicted molar refractivity (Wildman–Crippen MR) is 68.6 cm³/mol. The fourth-order valence-corrected chi connectivity index (χ4v) is 1.60. The van der Waals surface area contributed by atoms with Crippen LogP contribution in [0.25, 0.3) is 10.9 Å². The molecule has 0 aliphatic heterocycles. The molecule has 0 amide bonds. The number of aromatic nitrogens is 1. The van der Waals surface area contributed by atoms with Crippen LogP contribution in [0.5, 0.6) is 0 Å². The van der Waals surface area contributed by atoms with Crippen molar-refractivity contribution in [3.63, 3.8) is 0 Å². The molecule has 0 saturated heterocycles. The molecule has 84 valence electrons. The second-order valence-corrected chi connectivity index (χ2v) is 3.64. The van der Waals surface area contributed by atoms with Gasteiger partial charge in [-0.15, -0.1) is 5.92 Å². The molecule has 0 unspecified atom stereocenters. The number of para-hydroxylation sites is 1. The maximum absolute atomic E-state index is 11.8. The zero-order chi connectivity index (χ0) is 12.3. The van der Waals surface area contributed by atoms with Crippen molar-refractivity contribution in [2.45, 2.75) is 13.3 Å². The molecule has 0 aliphatic carbocycles. The van der Waals surface area contributed by atoms with Gasteiger partial charge < -0.3 is 5.73 Å². The summed E-state index contributed by atoms with van der Waals surface area (Å²) in [5.74, 6) is 5.32. The zero-order valence-corrected chi connectivity index (χ0v) is 9.53. The Morgan fingerprint density at radius 1 is 1.41 bits per heavy atom. The third kappa shape index (κ3) is 2.26. The average molecular weight is 224 g/mol. The van der Waals surface area contributed by atoms with Crippen LogP contribution in [-0.2, 0) is 0 Å². The smallest absolute Gasteiger partial charge is 0.193 e. The average Bonchev–Trinajstić information content (AvgIpc) is 2.36. The van der Waals surface area contributed by atoms with E-state index in [2.05, 4.69) is 16.8 Å². The fraction of sp³-hybridized carbons (Fsp3) is 0.143. The van der Waals surface area contributed by atoms with Gasteiger partial charge >= 0.3 is 0 Å². The van der Waals surface area contributed by atoms with Crippen molar-refractivity contribution in [2.75, 3.05) is 5.73 Å². The SMILES string of the molecule is CC#CCC(=O)c1cc(N)c2ccccc2n1. The van der Waals surface area contributed by atoms with Gasteiger partial charge in [-0.1, -0.05) is 24.1 Å². The number of nitrogen functional groups attached to an aromatic ring is 1. The summed E-state index contributed by atoms with van der Waals surface area (Å²) in [4.78, 5) is 16.1. The first-order valence-electron chi connectivity index (χ1n) is 5.30. The Kier molecular flexibility index (Phi) is 3.06. The summed E-state index contributed by atoms with van der Waals surface area (Å²) >= 11 is 0. The first-order valence-corrected chi connectivity index (χ1v) is 5.30. The molecule has 1 aromatic heterocycles. The van der Waals surface area contributed by atoms with Crippen LogP contribution in [0.1, 0.15) is 23.8 Å². The van der Waals surface area contributed by atoms with Crippen LogP contribution in [0.4, 0.5) is 5.69 Å². The summed E-state index contributed by atoms with van der Waals surface area (Å²) in [7, 11) is 0. The number of pyridine rings is 1. The molecule has 0 atom stereocenters. The molecule has 1 heterocycles. The maximum Gasteiger partial charge on any atom is 0.193 e. The molecule has 3 heteroatoms. The number of Topliss-reactive ketones (excluding diaryl/α,β-unsaturated/α-hetero) is 1. The van der Waals surface area contributed by atoms with Crippen LogP contribution in [0.3, 0.4) is 0 Å². The van der Waals surface area contributed by atoms with E-state index in [1.807, 2.05) is 24.3 Å². The molecule has 0 fully saturated rings. The monoisotopic (exact) mass is 224 g/mol. The lowest BCUT2D eigenvalue weighted by Crippen LogP contribution is -2.03. The van der Waals surface area contributed by atoms with Crippen LogP contribution in [-0.4, -0.2) is 10.8 Å². The third-order valence-electron chi connectivity index (χ3n) is 2.46. The first kappa shape index (κ1) is 11.2. The summed E-state index contributed by atoms with van der Waals surface area (Å²) < 4.78 is 0. The number of nitrogens with zero attached hydrogens (tertiary/aromatic N) is 1. The highest BCUT2D eigenvalue weighted by Crippen LogP contribution is 2.20. The van der Waals surface area contributed by atoms with Crippen LogP contribution in [0, 0.1) is 11.8 Å². The Balaban J connectivity index is 2.48. The molecule has 0 spiro atoms. The van der Waals surface area contributed by atoms with E-state index in [9.17, 15) is 4.79 Å². The van der Waals surface area contributed by atoms with E-state index in [0.29, 0.717) is 11.4 Å². The number of nitrogens with two attached hydrogens (primary N) is 1. The number of anilines is 1. The molecule has 17 heavy (non-hydrogen) atoms. The van der Waals surface area contributed by atoms with Gasteiger partial charge in [-0.2, -0.15) is 0 Å². The minimum absolute atomic E-state index is 0.100. The second-order valence-electron chi connectivity index (χ2n) is 3.64. The Labute approximate surface area is 99.7 Å². The Hall–Kier alpha value is -2.34.